The number of likely N-dealkylation sites (tertiary alicyclic amines) is 1. The van der Waals surface area contributed by atoms with Gasteiger partial charge in [-0.3, -0.25) is 4.90 Å². The highest BCUT2D eigenvalue weighted by Crippen LogP contribution is 2.33. The van der Waals surface area contributed by atoms with Crippen LogP contribution in [0.2, 0.25) is 0 Å². The Hall–Kier alpha value is -1.07. The first kappa shape index (κ1) is 15.3. The number of rotatable bonds is 4. The van der Waals surface area contributed by atoms with E-state index in [1.165, 1.54) is 6.07 Å². The smallest absolute Gasteiger partial charge is 0.396 e. The van der Waals surface area contributed by atoms with Crippen LogP contribution >= 0.6 is 0 Å². The average molecular weight is 287 g/mol. The normalized spacial score (nSPS) is 21.1. The van der Waals surface area contributed by atoms with Crippen LogP contribution in [0.1, 0.15) is 36.8 Å². The molecule has 1 aromatic rings. The maximum absolute atomic E-state index is 13.0. The average Bonchev–Trinajstić information content (AvgIpc) is 2.41. The molecule has 1 saturated heterocycles. The van der Waals surface area contributed by atoms with Crippen LogP contribution < -0.4 is 0 Å². The molecule has 1 aliphatic heterocycles. The highest BCUT2D eigenvalue weighted by Gasteiger charge is 2.34. The third-order valence-corrected chi connectivity index (χ3v) is 3.91. The summed E-state index contributed by atoms with van der Waals surface area (Å²) in [7, 11) is 0. The molecule has 1 unspecified atom stereocenters. The SMILES string of the molecule is OCCC1CCCCN1Cc1ccccc1C(F)(F)F. The van der Waals surface area contributed by atoms with Crippen LogP contribution in [0.25, 0.3) is 0 Å². The molecule has 0 saturated carbocycles. The lowest BCUT2D eigenvalue weighted by Crippen LogP contribution is -2.39. The molecule has 20 heavy (non-hydrogen) atoms. The lowest BCUT2D eigenvalue weighted by molar-refractivity contribution is -0.138. The van der Waals surface area contributed by atoms with Gasteiger partial charge in [0.25, 0.3) is 0 Å². The first-order valence-corrected chi connectivity index (χ1v) is 7.02. The topological polar surface area (TPSA) is 23.5 Å². The maximum Gasteiger partial charge on any atom is 0.416 e. The first-order valence-electron chi connectivity index (χ1n) is 7.02. The number of nitrogens with zero attached hydrogens (tertiary/aromatic N) is 1. The molecule has 0 spiro atoms. The number of halogens is 3. The van der Waals surface area contributed by atoms with Crippen molar-refractivity contribution in [2.24, 2.45) is 0 Å². The van der Waals surface area contributed by atoms with Crippen molar-refractivity contribution in [3.8, 4) is 0 Å². The molecule has 1 aromatic carbocycles. The van der Waals surface area contributed by atoms with E-state index in [1.807, 2.05) is 0 Å². The third-order valence-electron chi connectivity index (χ3n) is 3.91. The Labute approximate surface area is 117 Å². The summed E-state index contributed by atoms with van der Waals surface area (Å²) < 4.78 is 39.0. The summed E-state index contributed by atoms with van der Waals surface area (Å²) in [6.45, 7) is 1.19. The van der Waals surface area contributed by atoms with Gasteiger partial charge < -0.3 is 5.11 Å². The summed E-state index contributed by atoms with van der Waals surface area (Å²) >= 11 is 0. The van der Waals surface area contributed by atoms with Gasteiger partial charge in [0.2, 0.25) is 0 Å². The van der Waals surface area contributed by atoms with Gasteiger partial charge in [0.05, 0.1) is 5.56 Å². The van der Waals surface area contributed by atoms with E-state index in [0.717, 1.165) is 31.9 Å². The van der Waals surface area contributed by atoms with E-state index < -0.39 is 11.7 Å². The molecular formula is C15H20F3NO. The lowest BCUT2D eigenvalue weighted by atomic mass is 9.97. The largest absolute Gasteiger partial charge is 0.416 e. The standard InChI is InChI=1S/C15H20F3NO/c16-15(17,18)14-7-2-1-5-12(14)11-19-9-4-3-6-13(19)8-10-20/h1-2,5,7,13,20H,3-4,6,8-11H2. The van der Waals surface area contributed by atoms with Crippen LogP contribution in [0.3, 0.4) is 0 Å². The molecule has 0 radical (unpaired) electrons. The van der Waals surface area contributed by atoms with Gasteiger partial charge >= 0.3 is 6.18 Å². The maximum atomic E-state index is 13.0. The number of alkyl halides is 3. The van der Waals surface area contributed by atoms with Gasteiger partial charge in [-0.05, 0) is 37.4 Å². The van der Waals surface area contributed by atoms with Gasteiger partial charge in [-0.2, -0.15) is 13.2 Å². The van der Waals surface area contributed by atoms with E-state index in [2.05, 4.69) is 4.90 Å². The zero-order valence-electron chi connectivity index (χ0n) is 11.4. The Balaban J connectivity index is 2.16. The predicted molar refractivity (Wildman–Crippen MR) is 71.2 cm³/mol. The molecule has 1 fully saturated rings. The molecule has 0 amide bonds. The summed E-state index contributed by atoms with van der Waals surface area (Å²) in [5.74, 6) is 0. The number of hydrogen-bond acceptors (Lipinski definition) is 2. The fraction of sp³-hybridized carbons (Fsp3) is 0.600. The van der Waals surface area contributed by atoms with Crippen molar-refractivity contribution < 1.29 is 18.3 Å². The molecule has 1 atom stereocenters. The van der Waals surface area contributed by atoms with Crippen LogP contribution in [0.15, 0.2) is 24.3 Å². The van der Waals surface area contributed by atoms with Crippen LogP contribution in [-0.2, 0) is 12.7 Å². The second-order valence-electron chi connectivity index (χ2n) is 5.29. The van der Waals surface area contributed by atoms with Crippen molar-refractivity contribution in [2.45, 2.75) is 44.4 Å². The van der Waals surface area contributed by atoms with E-state index in [0.29, 0.717) is 18.5 Å². The predicted octanol–water partition coefficient (Wildman–Crippen LogP) is 3.44. The quantitative estimate of drug-likeness (QED) is 0.917. The molecule has 0 aliphatic carbocycles. The fourth-order valence-electron chi connectivity index (χ4n) is 2.90. The minimum Gasteiger partial charge on any atom is -0.396 e. The van der Waals surface area contributed by atoms with Crippen LogP contribution in [0, 0.1) is 0 Å². The molecular weight excluding hydrogens is 267 g/mol. The third kappa shape index (κ3) is 3.73. The van der Waals surface area contributed by atoms with Crippen molar-refractivity contribution in [1.29, 1.82) is 0 Å². The van der Waals surface area contributed by atoms with Crippen molar-refractivity contribution in [1.82, 2.24) is 4.90 Å². The highest BCUT2D eigenvalue weighted by molar-refractivity contribution is 5.29. The molecule has 1 N–H and O–H groups in total. The summed E-state index contributed by atoms with van der Waals surface area (Å²) in [5.41, 5.74) is -0.224. The van der Waals surface area contributed by atoms with E-state index in [1.54, 1.807) is 12.1 Å². The first-order chi connectivity index (χ1) is 9.52. The van der Waals surface area contributed by atoms with E-state index in [-0.39, 0.29) is 12.6 Å². The van der Waals surface area contributed by atoms with Crippen LogP contribution in [0.4, 0.5) is 13.2 Å². The summed E-state index contributed by atoms with van der Waals surface area (Å²) in [5, 5.41) is 9.08. The number of hydrogen-bond donors (Lipinski definition) is 1. The molecule has 112 valence electrons. The van der Waals surface area contributed by atoms with Crippen LogP contribution in [0.5, 0.6) is 0 Å². The Morgan fingerprint density at radius 2 is 1.95 bits per heavy atom. The number of benzene rings is 1. The molecule has 2 rings (SSSR count). The van der Waals surface area contributed by atoms with Crippen molar-refractivity contribution in [3.63, 3.8) is 0 Å². The van der Waals surface area contributed by atoms with E-state index in [9.17, 15) is 13.2 Å². The molecule has 0 aromatic heterocycles. The van der Waals surface area contributed by atoms with Crippen molar-refractivity contribution >= 4 is 0 Å². The Morgan fingerprint density at radius 1 is 1.20 bits per heavy atom. The lowest BCUT2D eigenvalue weighted by Gasteiger charge is -2.36. The fourth-order valence-corrected chi connectivity index (χ4v) is 2.90. The number of piperidine rings is 1. The summed E-state index contributed by atoms with van der Waals surface area (Å²) in [6, 6.07) is 5.95. The van der Waals surface area contributed by atoms with E-state index >= 15 is 0 Å². The van der Waals surface area contributed by atoms with Gasteiger partial charge in [-0.1, -0.05) is 24.6 Å². The Kier molecular flexibility index (Phi) is 5.05. The van der Waals surface area contributed by atoms with Crippen molar-refractivity contribution in [3.05, 3.63) is 35.4 Å². The minimum atomic E-state index is -4.31. The Morgan fingerprint density at radius 3 is 2.65 bits per heavy atom. The molecule has 0 bridgehead atoms. The van der Waals surface area contributed by atoms with Gasteiger partial charge in [0, 0.05) is 19.2 Å². The summed E-state index contributed by atoms with van der Waals surface area (Å²) in [6.07, 6.45) is -0.625. The molecule has 5 heteroatoms. The van der Waals surface area contributed by atoms with Crippen LogP contribution in [-0.4, -0.2) is 29.2 Å². The van der Waals surface area contributed by atoms with E-state index in [4.69, 9.17) is 5.11 Å². The number of aliphatic hydroxyl groups is 1. The van der Waals surface area contributed by atoms with Crippen molar-refractivity contribution in [2.75, 3.05) is 13.2 Å². The van der Waals surface area contributed by atoms with Gasteiger partial charge in [-0.15, -0.1) is 0 Å². The zero-order chi connectivity index (χ0) is 14.6. The van der Waals surface area contributed by atoms with Gasteiger partial charge in [0.15, 0.2) is 0 Å². The van der Waals surface area contributed by atoms with Gasteiger partial charge in [0.1, 0.15) is 0 Å². The monoisotopic (exact) mass is 287 g/mol. The summed E-state index contributed by atoms with van der Waals surface area (Å²) in [4.78, 5) is 2.07. The zero-order valence-corrected chi connectivity index (χ0v) is 11.4. The van der Waals surface area contributed by atoms with Gasteiger partial charge in [-0.25, -0.2) is 0 Å². The molecule has 1 aliphatic rings. The molecule has 1 heterocycles. The molecule has 2 nitrogen and oxygen atoms in total. The number of aliphatic hydroxyl groups excluding tert-OH is 1. The highest BCUT2D eigenvalue weighted by atomic mass is 19.4. The minimum absolute atomic E-state index is 0.0854. The second kappa shape index (κ2) is 6.59. The Bertz CT molecular complexity index is 431. The second-order valence-corrected chi connectivity index (χ2v) is 5.29.